The minimum absolute atomic E-state index is 0.00869. The monoisotopic (exact) mass is 1070 g/mol. The van der Waals surface area contributed by atoms with Gasteiger partial charge in [0, 0.05) is 37.8 Å². The van der Waals surface area contributed by atoms with Crippen molar-refractivity contribution in [3.8, 4) is 34.3 Å². The van der Waals surface area contributed by atoms with Gasteiger partial charge in [-0.3, -0.25) is 4.90 Å². The van der Waals surface area contributed by atoms with Gasteiger partial charge in [-0.25, -0.2) is 33.1 Å². The van der Waals surface area contributed by atoms with Crippen LogP contribution in [0.3, 0.4) is 0 Å². The van der Waals surface area contributed by atoms with E-state index in [1.165, 1.54) is 25.5 Å². The Morgan fingerprint density at radius 2 is 1.54 bits per heavy atom. The first-order chi connectivity index (χ1) is 36.5. The molecule has 2 saturated heterocycles. The number of aryl methyl sites for hydroxylation is 1. The molecule has 2 atom stereocenters. The van der Waals surface area contributed by atoms with Crippen molar-refractivity contribution in [3.05, 3.63) is 153 Å². The molecule has 6 heterocycles. The van der Waals surface area contributed by atoms with Crippen molar-refractivity contribution in [2.24, 2.45) is 4.99 Å². The fraction of sp³-hybridized carbons (Fsp3) is 0.345. The van der Waals surface area contributed by atoms with Crippen LogP contribution in [0.2, 0.25) is 5.02 Å². The number of halogens is 7. The molecule has 0 spiro atoms. The Labute approximate surface area is 440 Å². The summed E-state index contributed by atoms with van der Waals surface area (Å²) in [5.74, 6) is -2.65. The van der Waals surface area contributed by atoms with Crippen LogP contribution in [-0.4, -0.2) is 89.7 Å². The summed E-state index contributed by atoms with van der Waals surface area (Å²) in [4.78, 5) is 23.5. The Morgan fingerprint density at radius 3 is 2.16 bits per heavy atom. The van der Waals surface area contributed by atoms with E-state index in [-0.39, 0.29) is 60.8 Å². The van der Waals surface area contributed by atoms with Crippen LogP contribution in [0.5, 0.6) is 23.0 Å². The zero-order chi connectivity index (χ0) is 53.5. The third-order valence-electron chi connectivity index (χ3n) is 14.3. The van der Waals surface area contributed by atoms with Crippen molar-refractivity contribution < 1.29 is 50.0 Å². The van der Waals surface area contributed by atoms with E-state index in [0.717, 1.165) is 16.7 Å². The highest BCUT2D eigenvalue weighted by Crippen LogP contribution is 2.52. The van der Waals surface area contributed by atoms with Gasteiger partial charge < -0.3 is 44.1 Å². The summed E-state index contributed by atoms with van der Waals surface area (Å²) in [5, 5.41) is 6.04. The van der Waals surface area contributed by atoms with E-state index in [9.17, 15) is 0 Å². The number of fused-ring (bicyclic) bond motifs is 1. The minimum Gasteiger partial charge on any atom is -0.497 e. The number of nitrogens with one attached hydrogen (secondary N) is 2. The largest absolute Gasteiger partial charge is 0.497 e. The summed E-state index contributed by atoms with van der Waals surface area (Å²) in [7, 11) is 4.66. The van der Waals surface area contributed by atoms with Crippen LogP contribution < -0.4 is 34.5 Å². The van der Waals surface area contributed by atoms with E-state index >= 15 is 26.3 Å². The molecule has 6 aromatic rings. The zero-order valence-electron chi connectivity index (χ0n) is 42.2. The van der Waals surface area contributed by atoms with Gasteiger partial charge in [-0.2, -0.15) is 13.2 Å². The number of hydrogen-bond acceptors (Lipinski definition) is 14. The molecule has 2 fully saturated rings. The van der Waals surface area contributed by atoms with Crippen molar-refractivity contribution in [2.75, 3.05) is 63.2 Å². The molecule has 0 saturated carbocycles. The van der Waals surface area contributed by atoms with Gasteiger partial charge >= 0.3 is 12.1 Å². The summed E-state index contributed by atoms with van der Waals surface area (Å²) < 4.78 is 124. The van der Waals surface area contributed by atoms with Crippen LogP contribution in [-0.2, 0) is 30.5 Å². The lowest BCUT2D eigenvalue weighted by Crippen LogP contribution is -2.42. The van der Waals surface area contributed by atoms with Crippen molar-refractivity contribution in [2.45, 2.75) is 76.4 Å². The molecule has 0 radical (unpaired) electrons. The second kappa shape index (κ2) is 20.9. The molecule has 0 amide bonds. The van der Waals surface area contributed by atoms with Gasteiger partial charge in [-0.05, 0) is 98.0 Å². The van der Waals surface area contributed by atoms with E-state index in [1.807, 2.05) is 55.5 Å². The molecule has 76 heavy (non-hydrogen) atoms. The fourth-order valence-electron chi connectivity index (χ4n) is 10.5. The summed E-state index contributed by atoms with van der Waals surface area (Å²) >= 11 is 7.28. The van der Waals surface area contributed by atoms with Gasteiger partial charge in [0.25, 0.3) is 5.92 Å². The number of pyridine rings is 1. The fourth-order valence-corrected chi connectivity index (χ4v) is 10.9. The SMILES string of the molecule is COc1ccc(CNc2ncncc2C(C)N2C=C(OC[C@@]34CCCN3CC(F)(F)C4)Oc3c(F)c(-c4nc(N(Cc5ccc(OC)cc5)Cc5ccc(OC)cc5)cc(C)c4C(F)(F)F)c(Cl)c4c3C2=NCN4)cc1. The number of ether oxygens (including phenoxy) is 5. The number of benzene rings is 4. The maximum Gasteiger partial charge on any atom is 0.418 e. The Balaban J connectivity index is 1.10. The zero-order valence-corrected chi connectivity index (χ0v) is 43.0. The predicted octanol–water partition coefficient (Wildman–Crippen LogP) is 11.8. The highest BCUT2D eigenvalue weighted by Gasteiger charge is 2.57. The van der Waals surface area contributed by atoms with Crippen LogP contribution in [0.1, 0.15) is 71.2 Å². The minimum atomic E-state index is -5.06. The number of methoxy groups -OCH3 is 3. The number of nitrogens with zero attached hydrogens (tertiary/aromatic N) is 7. The first-order valence-corrected chi connectivity index (χ1v) is 24.9. The summed E-state index contributed by atoms with van der Waals surface area (Å²) in [6, 6.07) is 22.5. The number of aromatic nitrogens is 3. The molecular formula is C55H54ClF6N9O5. The Kier molecular flexibility index (Phi) is 14.3. The Bertz CT molecular complexity index is 3130. The van der Waals surface area contributed by atoms with E-state index in [1.54, 1.807) is 66.5 Å². The van der Waals surface area contributed by atoms with Crippen molar-refractivity contribution in [1.82, 2.24) is 24.8 Å². The van der Waals surface area contributed by atoms with Crippen LogP contribution >= 0.6 is 11.6 Å². The number of rotatable bonds is 17. The Morgan fingerprint density at radius 1 is 0.908 bits per heavy atom. The molecule has 2 N–H and O–H groups in total. The predicted molar refractivity (Wildman–Crippen MR) is 276 cm³/mol. The van der Waals surface area contributed by atoms with Crippen molar-refractivity contribution in [1.29, 1.82) is 0 Å². The summed E-state index contributed by atoms with van der Waals surface area (Å²) in [6.45, 7) is 3.35. The average molecular weight is 1070 g/mol. The molecule has 10 rings (SSSR count). The summed E-state index contributed by atoms with van der Waals surface area (Å²) in [6.07, 6.45) is -0.0452. The first-order valence-electron chi connectivity index (χ1n) is 24.5. The third kappa shape index (κ3) is 10.3. The molecule has 0 aliphatic carbocycles. The highest BCUT2D eigenvalue weighted by atomic mass is 35.5. The maximum atomic E-state index is 18.3. The van der Waals surface area contributed by atoms with Crippen molar-refractivity contribution in [3.63, 3.8) is 0 Å². The van der Waals surface area contributed by atoms with Gasteiger partial charge in [-0.1, -0.05) is 48.0 Å². The van der Waals surface area contributed by atoms with E-state index in [4.69, 9.17) is 45.3 Å². The number of hydrogen-bond donors (Lipinski definition) is 2. The van der Waals surface area contributed by atoms with Crippen LogP contribution in [0.15, 0.2) is 109 Å². The molecular weight excluding hydrogens is 1020 g/mol. The van der Waals surface area contributed by atoms with Gasteiger partial charge in [0.1, 0.15) is 54.3 Å². The molecule has 14 nitrogen and oxygen atoms in total. The van der Waals surface area contributed by atoms with E-state index in [2.05, 4.69) is 20.6 Å². The quantitative estimate of drug-likeness (QED) is 0.0841. The standard InChI is InChI=1S/C55H54ClF6N9O5/c1-32-21-41(69(24-35-9-15-38(73-4)16-10-35)25-36-11-17-39(74-5)18-12-36)68-48(45(32)55(60,61)62)43-46(56)49-44-50(47(43)57)76-42(75-29-53-19-6-20-70(53)28-54(58,59)27-53)26-71(52(44)67-31-65-49)33(2)40-23-63-30-66-51(40)64-22-34-7-13-37(72-3)14-8-34/h7-18,21,23,26,30,33,65H,6,19-20,22,24-25,27-29,31H2,1-5H3,(H,63,64,66)/t33?,53-/m0/s1. The van der Waals surface area contributed by atoms with Crippen molar-refractivity contribution >= 4 is 34.8 Å². The lowest BCUT2D eigenvalue weighted by Gasteiger charge is -2.32. The third-order valence-corrected chi connectivity index (χ3v) is 14.7. The lowest BCUT2D eigenvalue weighted by molar-refractivity contribution is -0.137. The van der Waals surface area contributed by atoms with Crippen LogP contribution in [0, 0.1) is 12.7 Å². The summed E-state index contributed by atoms with van der Waals surface area (Å²) in [5.41, 5.74) is -1.03. The topological polar surface area (TPSA) is 131 Å². The number of anilines is 3. The maximum absolute atomic E-state index is 18.3. The molecule has 2 aromatic heterocycles. The van der Waals surface area contributed by atoms with E-state index < -0.39 is 70.1 Å². The van der Waals surface area contributed by atoms with Gasteiger partial charge in [0.15, 0.2) is 11.6 Å². The molecule has 398 valence electrons. The smallest absolute Gasteiger partial charge is 0.418 e. The van der Waals surface area contributed by atoms with Gasteiger partial charge in [0.2, 0.25) is 0 Å². The molecule has 4 aliphatic heterocycles. The van der Waals surface area contributed by atoms with Gasteiger partial charge in [-0.15, -0.1) is 0 Å². The molecule has 1 unspecified atom stereocenters. The van der Waals surface area contributed by atoms with Crippen LogP contribution in [0.4, 0.5) is 43.7 Å². The normalized spacial score (nSPS) is 18.0. The molecule has 4 aliphatic rings. The molecule has 21 heteroatoms. The lowest BCUT2D eigenvalue weighted by atomic mass is 9.94. The van der Waals surface area contributed by atoms with Crippen LogP contribution in [0.25, 0.3) is 11.3 Å². The number of aliphatic imine (C=N–C) groups is 1. The number of amidine groups is 1. The van der Waals surface area contributed by atoms with E-state index in [0.29, 0.717) is 54.6 Å². The second-order valence-electron chi connectivity index (χ2n) is 19.2. The molecule has 4 aromatic carbocycles. The average Bonchev–Trinajstić information content (AvgIpc) is 3.93. The number of alkyl halides is 5. The highest BCUT2D eigenvalue weighted by molar-refractivity contribution is 6.37. The molecule has 0 bridgehead atoms. The second-order valence-corrected chi connectivity index (χ2v) is 19.6. The first kappa shape index (κ1) is 52.0. The van der Waals surface area contributed by atoms with Gasteiger partial charge in [0.05, 0.1) is 78.7 Å². The Hall–Kier alpha value is -7.45.